The molecule has 3 aromatic heterocycles. The van der Waals surface area contributed by atoms with E-state index in [1.807, 2.05) is 24.4 Å². The Morgan fingerprint density at radius 2 is 1.91 bits per heavy atom. The molecule has 174 valence electrons. The molecule has 0 bridgehead atoms. The quantitative estimate of drug-likeness (QED) is 0.523. The summed E-state index contributed by atoms with van der Waals surface area (Å²) in [6, 6.07) is 10.1. The van der Waals surface area contributed by atoms with Gasteiger partial charge in [-0.3, -0.25) is 14.8 Å². The summed E-state index contributed by atoms with van der Waals surface area (Å²) in [6.07, 6.45) is 2.79. The maximum atomic E-state index is 12.0. The number of carboxylic acid groups (broad SMARTS) is 1. The third-order valence-electron chi connectivity index (χ3n) is 5.02. The van der Waals surface area contributed by atoms with Crippen molar-refractivity contribution in [3.8, 4) is 22.5 Å². The Morgan fingerprint density at radius 1 is 1.15 bits per heavy atom. The van der Waals surface area contributed by atoms with Crippen molar-refractivity contribution in [3.05, 3.63) is 59.7 Å². The molecule has 0 saturated carbocycles. The number of carboxylic acids is 1. The number of rotatable bonds is 5. The Hall–Kier alpha value is -3.69. The second kappa shape index (κ2) is 10.3. The van der Waals surface area contributed by atoms with Gasteiger partial charge >= 0.3 is 12.1 Å². The van der Waals surface area contributed by atoms with E-state index in [1.54, 1.807) is 6.20 Å². The summed E-state index contributed by atoms with van der Waals surface area (Å²) in [5, 5.41) is 10.0. The van der Waals surface area contributed by atoms with Crippen LogP contribution in [0.2, 0.25) is 0 Å². The monoisotopic (exact) mass is 460 g/mol. The molecule has 1 aliphatic heterocycles. The first kappa shape index (κ1) is 24.0. The van der Waals surface area contributed by atoms with Crippen LogP contribution in [0.1, 0.15) is 41.5 Å². The van der Waals surface area contributed by atoms with Crippen LogP contribution in [-0.2, 0) is 17.6 Å². The van der Waals surface area contributed by atoms with Crippen LogP contribution in [0, 0.1) is 0 Å². The van der Waals surface area contributed by atoms with Gasteiger partial charge in [0.25, 0.3) is 5.91 Å². The van der Waals surface area contributed by atoms with Crippen molar-refractivity contribution in [1.82, 2.24) is 20.3 Å². The zero-order valence-corrected chi connectivity index (χ0v) is 17.9. The fraction of sp³-hybridized carbons (Fsp3) is 0.304. The highest BCUT2D eigenvalue weighted by molar-refractivity contribution is 5.97. The van der Waals surface area contributed by atoms with Crippen molar-refractivity contribution in [2.24, 2.45) is 0 Å². The van der Waals surface area contributed by atoms with E-state index in [9.17, 15) is 18.0 Å². The minimum absolute atomic E-state index is 0.00472. The average Bonchev–Trinajstić information content (AvgIpc) is 3.24. The number of carbonyl (C=O) groups is 2. The molecular formula is C23H23F3N4O3. The first-order chi connectivity index (χ1) is 15.7. The third kappa shape index (κ3) is 6.18. The van der Waals surface area contributed by atoms with Gasteiger partial charge in [0.1, 0.15) is 0 Å². The molecule has 0 aromatic carbocycles. The van der Waals surface area contributed by atoms with E-state index in [0.717, 1.165) is 58.7 Å². The number of carbonyl (C=O) groups excluding carboxylic acids is 1. The largest absolute Gasteiger partial charge is 0.490 e. The molecule has 0 aliphatic carbocycles. The Kier molecular flexibility index (Phi) is 7.47. The number of nitrogens with zero attached hydrogens (tertiary/aromatic N) is 2. The van der Waals surface area contributed by atoms with Crippen LogP contribution in [-0.4, -0.2) is 44.7 Å². The molecule has 0 atom stereocenters. The molecule has 4 rings (SSSR count). The van der Waals surface area contributed by atoms with Gasteiger partial charge in [-0.15, -0.1) is 0 Å². The van der Waals surface area contributed by atoms with Crippen LogP contribution in [0.4, 0.5) is 13.2 Å². The number of hydrogen-bond donors (Lipinski definition) is 3. The molecule has 7 nitrogen and oxygen atoms in total. The molecule has 0 spiro atoms. The maximum absolute atomic E-state index is 12.0. The molecular weight excluding hydrogens is 437 g/mol. The standard InChI is InChI=1S/C21H22N4O.C2HF3O2/c1-2-3-4-16-6-5-15(13-24-16)19-11-14(7-9-22-19)20-12-17-18(25-20)8-10-23-21(17)26;3-2(4,5)1(6)7/h5-7,9,11-13,25H,2-4,8,10H2,1H3,(H,23,26);(H,6,7). The van der Waals surface area contributed by atoms with Gasteiger partial charge in [0.15, 0.2) is 0 Å². The van der Waals surface area contributed by atoms with Gasteiger partial charge in [-0.1, -0.05) is 13.3 Å². The fourth-order valence-electron chi connectivity index (χ4n) is 3.29. The van der Waals surface area contributed by atoms with Gasteiger partial charge in [0.05, 0.1) is 11.3 Å². The van der Waals surface area contributed by atoms with E-state index < -0.39 is 12.1 Å². The van der Waals surface area contributed by atoms with Crippen LogP contribution in [0.25, 0.3) is 22.5 Å². The van der Waals surface area contributed by atoms with Crippen LogP contribution >= 0.6 is 0 Å². The number of alkyl halides is 3. The van der Waals surface area contributed by atoms with Crippen LogP contribution in [0.3, 0.4) is 0 Å². The minimum Gasteiger partial charge on any atom is -0.475 e. The third-order valence-corrected chi connectivity index (χ3v) is 5.02. The molecule has 1 amide bonds. The summed E-state index contributed by atoms with van der Waals surface area (Å²) in [5.74, 6) is -2.76. The SMILES string of the molecule is CCCCc1ccc(-c2cc(-c3cc4c([nH]3)CCNC4=O)ccn2)cn1.O=C(O)C(F)(F)F. The zero-order chi connectivity index (χ0) is 24.0. The van der Waals surface area contributed by atoms with Gasteiger partial charge in [0.2, 0.25) is 0 Å². The van der Waals surface area contributed by atoms with Gasteiger partial charge in [-0.25, -0.2) is 4.79 Å². The highest BCUT2D eigenvalue weighted by Gasteiger charge is 2.38. The van der Waals surface area contributed by atoms with Crippen molar-refractivity contribution >= 4 is 11.9 Å². The van der Waals surface area contributed by atoms with E-state index in [1.165, 1.54) is 6.42 Å². The molecule has 3 aromatic rings. The zero-order valence-electron chi connectivity index (χ0n) is 17.9. The van der Waals surface area contributed by atoms with Crippen molar-refractivity contribution in [1.29, 1.82) is 0 Å². The average molecular weight is 460 g/mol. The van der Waals surface area contributed by atoms with Crippen molar-refractivity contribution < 1.29 is 27.9 Å². The predicted molar refractivity (Wildman–Crippen MR) is 116 cm³/mol. The summed E-state index contributed by atoms with van der Waals surface area (Å²) < 4.78 is 31.7. The predicted octanol–water partition coefficient (Wildman–Crippen LogP) is 4.40. The van der Waals surface area contributed by atoms with Crippen molar-refractivity contribution in [2.45, 2.75) is 38.8 Å². The molecule has 0 fully saturated rings. The number of aromatic nitrogens is 3. The number of nitrogens with one attached hydrogen (secondary N) is 2. The number of pyridine rings is 2. The molecule has 1 aliphatic rings. The fourth-order valence-corrected chi connectivity index (χ4v) is 3.29. The Labute approximate surface area is 188 Å². The number of H-pyrrole nitrogens is 1. The van der Waals surface area contributed by atoms with Gasteiger partial charge < -0.3 is 15.4 Å². The summed E-state index contributed by atoms with van der Waals surface area (Å²) in [6.45, 7) is 2.87. The van der Waals surface area contributed by atoms with Crippen LogP contribution < -0.4 is 5.32 Å². The molecule has 33 heavy (non-hydrogen) atoms. The number of halogens is 3. The Balaban J connectivity index is 0.000000383. The topological polar surface area (TPSA) is 108 Å². The number of aryl methyl sites for hydroxylation is 1. The van der Waals surface area contributed by atoms with E-state index in [4.69, 9.17) is 9.90 Å². The van der Waals surface area contributed by atoms with E-state index in [-0.39, 0.29) is 5.91 Å². The van der Waals surface area contributed by atoms with Crippen molar-refractivity contribution in [3.63, 3.8) is 0 Å². The van der Waals surface area contributed by atoms with E-state index in [0.29, 0.717) is 6.54 Å². The number of unbranched alkanes of at least 4 members (excludes halogenated alkanes) is 1. The summed E-state index contributed by atoms with van der Waals surface area (Å²) in [7, 11) is 0. The van der Waals surface area contributed by atoms with Gasteiger partial charge in [0, 0.05) is 53.6 Å². The van der Waals surface area contributed by atoms with Gasteiger partial charge in [-0.05, 0) is 43.2 Å². The lowest BCUT2D eigenvalue weighted by atomic mass is 10.1. The normalized spacial score (nSPS) is 12.9. The summed E-state index contributed by atoms with van der Waals surface area (Å²) in [5.41, 5.74) is 6.72. The molecule has 3 N–H and O–H groups in total. The van der Waals surface area contributed by atoms with Gasteiger partial charge in [-0.2, -0.15) is 13.2 Å². The lowest BCUT2D eigenvalue weighted by molar-refractivity contribution is -0.192. The smallest absolute Gasteiger partial charge is 0.475 e. The molecule has 4 heterocycles. The lowest BCUT2D eigenvalue weighted by Gasteiger charge is -2.10. The maximum Gasteiger partial charge on any atom is 0.490 e. The summed E-state index contributed by atoms with van der Waals surface area (Å²) >= 11 is 0. The minimum atomic E-state index is -5.08. The lowest BCUT2D eigenvalue weighted by Crippen LogP contribution is -2.31. The highest BCUT2D eigenvalue weighted by Crippen LogP contribution is 2.27. The first-order valence-corrected chi connectivity index (χ1v) is 10.4. The van der Waals surface area contributed by atoms with E-state index >= 15 is 0 Å². The molecule has 0 radical (unpaired) electrons. The van der Waals surface area contributed by atoms with Crippen LogP contribution in [0.15, 0.2) is 42.7 Å². The number of amides is 1. The Bertz CT molecular complexity index is 1120. The molecule has 0 unspecified atom stereocenters. The van der Waals surface area contributed by atoms with E-state index in [2.05, 4.69) is 39.3 Å². The second-order valence-corrected chi connectivity index (χ2v) is 7.46. The number of hydrogen-bond acceptors (Lipinski definition) is 4. The number of aromatic amines is 1. The van der Waals surface area contributed by atoms with Crippen molar-refractivity contribution in [2.75, 3.05) is 6.54 Å². The van der Waals surface area contributed by atoms with Crippen LogP contribution in [0.5, 0.6) is 0 Å². The second-order valence-electron chi connectivity index (χ2n) is 7.46. The number of aliphatic carboxylic acids is 1. The summed E-state index contributed by atoms with van der Waals surface area (Å²) in [4.78, 5) is 33.3. The molecule has 10 heteroatoms. The highest BCUT2D eigenvalue weighted by atomic mass is 19.4. The first-order valence-electron chi connectivity index (χ1n) is 10.4. The molecule has 0 saturated heterocycles. The Morgan fingerprint density at radius 3 is 2.52 bits per heavy atom. The number of fused-ring (bicyclic) bond motifs is 1.